The average molecular weight is 270 g/mol. The number of carbonyl (C=O) groups is 1. The van der Waals surface area contributed by atoms with E-state index in [4.69, 9.17) is 5.26 Å². The standard InChI is InChI=1S/C13H13F3N2O/c1-9(7-13(14,15)16)18-12(19)11(8-17)10-5-3-2-4-6-10/h2-6,9,11H,7H2,1H3,(H,18,19). The summed E-state index contributed by atoms with van der Waals surface area (Å²) in [4.78, 5) is 11.8. The molecule has 0 aliphatic carbocycles. The summed E-state index contributed by atoms with van der Waals surface area (Å²) in [7, 11) is 0. The van der Waals surface area contributed by atoms with E-state index >= 15 is 0 Å². The van der Waals surface area contributed by atoms with Gasteiger partial charge in [0.25, 0.3) is 0 Å². The van der Waals surface area contributed by atoms with E-state index in [0.717, 1.165) is 0 Å². The predicted octanol–water partition coefficient (Wildman–Crippen LogP) is 2.75. The Labute approximate surface area is 109 Å². The molecule has 0 heterocycles. The van der Waals surface area contributed by atoms with Gasteiger partial charge in [-0.3, -0.25) is 4.79 Å². The molecule has 19 heavy (non-hydrogen) atoms. The molecule has 0 bridgehead atoms. The number of hydrogen-bond acceptors (Lipinski definition) is 2. The van der Waals surface area contributed by atoms with Crippen LogP contribution in [0.5, 0.6) is 0 Å². The van der Waals surface area contributed by atoms with Crippen LogP contribution in [-0.2, 0) is 4.79 Å². The molecule has 0 radical (unpaired) electrons. The third-order valence-electron chi connectivity index (χ3n) is 2.45. The van der Waals surface area contributed by atoms with E-state index in [9.17, 15) is 18.0 Å². The van der Waals surface area contributed by atoms with Crippen LogP contribution in [0.15, 0.2) is 30.3 Å². The third kappa shape index (κ3) is 5.00. The van der Waals surface area contributed by atoms with Crippen molar-refractivity contribution in [3.8, 4) is 6.07 Å². The lowest BCUT2D eigenvalue weighted by atomic mass is 9.99. The van der Waals surface area contributed by atoms with Crippen molar-refractivity contribution < 1.29 is 18.0 Å². The molecular formula is C13H13F3N2O. The molecule has 0 aliphatic heterocycles. The maximum absolute atomic E-state index is 12.1. The van der Waals surface area contributed by atoms with Crippen molar-refractivity contribution in [1.29, 1.82) is 5.26 Å². The van der Waals surface area contributed by atoms with Crippen molar-refractivity contribution in [3.05, 3.63) is 35.9 Å². The number of alkyl halides is 3. The van der Waals surface area contributed by atoms with Crippen LogP contribution in [0.3, 0.4) is 0 Å². The summed E-state index contributed by atoms with van der Waals surface area (Å²) in [6.07, 6.45) is -5.47. The SMILES string of the molecule is CC(CC(F)(F)F)NC(=O)C(C#N)c1ccccc1. The van der Waals surface area contributed by atoms with E-state index in [0.29, 0.717) is 5.56 Å². The fourth-order valence-electron chi connectivity index (χ4n) is 1.65. The Hall–Kier alpha value is -2.03. The van der Waals surface area contributed by atoms with Crippen LogP contribution in [0.2, 0.25) is 0 Å². The van der Waals surface area contributed by atoms with Crippen LogP contribution in [-0.4, -0.2) is 18.1 Å². The van der Waals surface area contributed by atoms with Gasteiger partial charge in [0, 0.05) is 6.04 Å². The number of hydrogen-bond donors (Lipinski definition) is 1. The number of nitrogens with one attached hydrogen (secondary N) is 1. The Morgan fingerprint density at radius 3 is 2.42 bits per heavy atom. The van der Waals surface area contributed by atoms with Crippen molar-refractivity contribution in [1.82, 2.24) is 5.32 Å². The zero-order chi connectivity index (χ0) is 14.5. The van der Waals surface area contributed by atoms with E-state index in [2.05, 4.69) is 5.32 Å². The Morgan fingerprint density at radius 2 is 1.95 bits per heavy atom. The molecule has 2 unspecified atom stereocenters. The van der Waals surface area contributed by atoms with Crippen LogP contribution in [0.4, 0.5) is 13.2 Å². The van der Waals surface area contributed by atoms with Crippen LogP contribution in [0.25, 0.3) is 0 Å². The molecule has 6 heteroatoms. The van der Waals surface area contributed by atoms with Crippen molar-refractivity contribution >= 4 is 5.91 Å². The third-order valence-corrected chi connectivity index (χ3v) is 2.45. The maximum Gasteiger partial charge on any atom is 0.391 e. The minimum atomic E-state index is -4.35. The van der Waals surface area contributed by atoms with E-state index < -0.39 is 30.5 Å². The van der Waals surface area contributed by atoms with Crippen LogP contribution >= 0.6 is 0 Å². The van der Waals surface area contributed by atoms with E-state index in [1.165, 1.54) is 6.92 Å². The highest BCUT2D eigenvalue weighted by Gasteiger charge is 2.31. The first kappa shape index (κ1) is 15.0. The zero-order valence-electron chi connectivity index (χ0n) is 10.2. The first-order valence-corrected chi connectivity index (χ1v) is 5.65. The van der Waals surface area contributed by atoms with Gasteiger partial charge in [-0.05, 0) is 12.5 Å². The van der Waals surface area contributed by atoms with Gasteiger partial charge >= 0.3 is 6.18 Å². The second-order valence-corrected chi connectivity index (χ2v) is 4.20. The molecule has 1 N–H and O–H groups in total. The fraction of sp³-hybridized carbons (Fsp3) is 0.385. The summed E-state index contributed by atoms with van der Waals surface area (Å²) >= 11 is 0. The number of nitriles is 1. The predicted molar refractivity (Wildman–Crippen MR) is 63.1 cm³/mol. The largest absolute Gasteiger partial charge is 0.391 e. The van der Waals surface area contributed by atoms with Crippen LogP contribution < -0.4 is 5.32 Å². The van der Waals surface area contributed by atoms with Crippen molar-refractivity contribution in [2.75, 3.05) is 0 Å². The number of benzene rings is 1. The molecule has 1 aromatic rings. The van der Waals surface area contributed by atoms with Crippen molar-refractivity contribution in [3.63, 3.8) is 0 Å². The Morgan fingerprint density at radius 1 is 1.37 bits per heavy atom. The molecule has 1 amide bonds. The van der Waals surface area contributed by atoms with Gasteiger partial charge in [0.1, 0.15) is 5.92 Å². The quantitative estimate of drug-likeness (QED) is 0.914. The molecule has 0 aliphatic rings. The normalized spacial score (nSPS) is 14.3. The number of rotatable bonds is 4. The zero-order valence-corrected chi connectivity index (χ0v) is 10.2. The summed E-state index contributed by atoms with van der Waals surface area (Å²) in [6, 6.07) is 8.94. The van der Waals surface area contributed by atoms with E-state index in [1.807, 2.05) is 0 Å². The maximum atomic E-state index is 12.1. The smallest absolute Gasteiger partial charge is 0.352 e. The number of carbonyl (C=O) groups excluding carboxylic acids is 1. The molecule has 0 aromatic heterocycles. The van der Waals surface area contributed by atoms with Gasteiger partial charge in [-0.25, -0.2) is 0 Å². The van der Waals surface area contributed by atoms with Gasteiger partial charge in [-0.1, -0.05) is 30.3 Å². The first-order valence-electron chi connectivity index (χ1n) is 5.65. The van der Waals surface area contributed by atoms with E-state index in [-0.39, 0.29) is 0 Å². The van der Waals surface area contributed by atoms with Gasteiger partial charge < -0.3 is 5.32 Å². The summed E-state index contributed by atoms with van der Waals surface area (Å²) in [5, 5.41) is 11.2. The molecule has 0 fully saturated rings. The highest BCUT2D eigenvalue weighted by Crippen LogP contribution is 2.22. The molecule has 1 aromatic carbocycles. The molecule has 2 atom stereocenters. The second kappa shape index (κ2) is 6.23. The molecule has 0 saturated carbocycles. The Kier molecular flexibility index (Phi) is 4.93. The monoisotopic (exact) mass is 270 g/mol. The number of halogens is 3. The lowest BCUT2D eigenvalue weighted by molar-refractivity contribution is -0.141. The van der Waals surface area contributed by atoms with Gasteiger partial charge in [0.2, 0.25) is 5.91 Å². The van der Waals surface area contributed by atoms with Gasteiger partial charge in [0.05, 0.1) is 12.5 Å². The highest BCUT2D eigenvalue weighted by molar-refractivity contribution is 5.86. The minimum absolute atomic E-state index is 0.460. The first-order chi connectivity index (χ1) is 8.83. The molecule has 0 saturated heterocycles. The fourth-order valence-corrected chi connectivity index (χ4v) is 1.65. The van der Waals surface area contributed by atoms with E-state index in [1.54, 1.807) is 36.4 Å². The molecule has 3 nitrogen and oxygen atoms in total. The summed E-state index contributed by atoms with van der Waals surface area (Å²) in [6.45, 7) is 1.25. The topological polar surface area (TPSA) is 52.9 Å². The minimum Gasteiger partial charge on any atom is -0.352 e. The van der Waals surface area contributed by atoms with Crippen LogP contribution in [0.1, 0.15) is 24.8 Å². The van der Waals surface area contributed by atoms with Crippen molar-refractivity contribution in [2.24, 2.45) is 0 Å². The Balaban J connectivity index is 2.69. The molecule has 102 valence electrons. The highest BCUT2D eigenvalue weighted by atomic mass is 19.4. The number of amides is 1. The summed E-state index contributed by atoms with van der Waals surface area (Å²) in [5.74, 6) is -1.82. The number of nitrogens with zero attached hydrogens (tertiary/aromatic N) is 1. The lowest BCUT2D eigenvalue weighted by Crippen LogP contribution is -2.38. The van der Waals surface area contributed by atoms with Crippen molar-refractivity contribution in [2.45, 2.75) is 31.5 Å². The van der Waals surface area contributed by atoms with Gasteiger partial charge in [-0.2, -0.15) is 18.4 Å². The second-order valence-electron chi connectivity index (χ2n) is 4.20. The van der Waals surface area contributed by atoms with Gasteiger partial charge in [0.15, 0.2) is 0 Å². The summed E-state index contributed by atoms with van der Waals surface area (Å²) < 4.78 is 36.4. The summed E-state index contributed by atoms with van der Waals surface area (Å²) in [5.41, 5.74) is 0.460. The average Bonchev–Trinajstić information content (AvgIpc) is 2.28. The molecule has 0 spiro atoms. The van der Waals surface area contributed by atoms with Crippen LogP contribution in [0, 0.1) is 11.3 Å². The lowest BCUT2D eigenvalue weighted by Gasteiger charge is -2.17. The molecular weight excluding hydrogens is 257 g/mol. The Bertz CT molecular complexity index is 465. The molecule has 1 rings (SSSR count). The van der Waals surface area contributed by atoms with Gasteiger partial charge in [-0.15, -0.1) is 0 Å².